The second-order valence-electron chi connectivity index (χ2n) is 6.36. The lowest BCUT2D eigenvalue weighted by molar-refractivity contribution is 0.414. The molecule has 0 aliphatic heterocycles. The molecule has 0 spiro atoms. The van der Waals surface area contributed by atoms with Gasteiger partial charge in [-0.15, -0.1) is 11.6 Å². The fourth-order valence-corrected chi connectivity index (χ4v) is 2.90. The normalized spacial score (nSPS) is 13.0. The third-order valence-electron chi connectivity index (χ3n) is 3.68. The largest absolute Gasteiger partial charge is 0.497 e. The molecule has 1 atom stereocenters. The van der Waals surface area contributed by atoms with Crippen LogP contribution in [-0.4, -0.2) is 7.11 Å². The Morgan fingerprint density at radius 3 is 2.19 bits per heavy atom. The molecule has 21 heavy (non-hydrogen) atoms. The monoisotopic (exact) mass is 302 g/mol. The van der Waals surface area contributed by atoms with E-state index in [0.717, 1.165) is 12.2 Å². The Bertz CT molecular complexity index is 581. The number of methoxy groups -OCH3 is 1. The van der Waals surface area contributed by atoms with Gasteiger partial charge < -0.3 is 4.74 Å². The first-order valence-electron chi connectivity index (χ1n) is 7.28. The lowest BCUT2D eigenvalue weighted by Gasteiger charge is -2.25. The van der Waals surface area contributed by atoms with E-state index in [1.54, 1.807) is 7.11 Å². The van der Waals surface area contributed by atoms with E-state index in [0.29, 0.717) is 0 Å². The highest BCUT2D eigenvalue weighted by Gasteiger charge is 2.21. The van der Waals surface area contributed by atoms with Crippen molar-refractivity contribution in [3.8, 4) is 5.75 Å². The zero-order valence-electron chi connectivity index (χ0n) is 13.2. The molecule has 0 N–H and O–H groups in total. The van der Waals surface area contributed by atoms with Gasteiger partial charge in [0.1, 0.15) is 5.75 Å². The average Bonchev–Trinajstić information content (AvgIpc) is 2.47. The minimum Gasteiger partial charge on any atom is -0.497 e. The Balaban J connectivity index is 2.22. The fraction of sp³-hybridized carbons (Fsp3) is 0.368. The van der Waals surface area contributed by atoms with Gasteiger partial charge in [-0.2, -0.15) is 0 Å². The molecule has 0 radical (unpaired) electrons. The summed E-state index contributed by atoms with van der Waals surface area (Å²) < 4.78 is 5.19. The third kappa shape index (κ3) is 4.01. The number of hydrogen-bond donors (Lipinski definition) is 0. The lowest BCUT2D eigenvalue weighted by atomic mass is 9.82. The molecule has 1 nitrogen and oxygen atoms in total. The van der Waals surface area contributed by atoms with Crippen LogP contribution in [0, 0.1) is 0 Å². The van der Waals surface area contributed by atoms with Crippen molar-refractivity contribution in [2.24, 2.45) is 0 Å². The van der Waals surface area contributed by atoms with E-state index in [-0.39, 0.29) is 10.8 Å². The van der Waals surface area contributed by atoms with E-state index < -0.39 is 0 Å². The molecule has 2 rings (SSSR count). The predicted octanol–water partition coefficient (Wildman–Crippen LogP) is 5.52. The first kappa shape index (κ1) is 15.9. The van der Waals surface area contributed by atoms with Crippen molar-refractivity contribution in [1.82, 2.24) is 0 Å². The van der Waals surface area contributed by atoms with Gasteiger partial charge in [0.05, 0.1) is 12.5 Å². The molecule has 0 amide bonds. The number of alkyl halides is 1. The second kappa shape index (κ2) is 6.53. The van der Waals surface area contributed by atoms with Crippen molar-refractivity contribution in [2.75, 3.05) is 7.11 Å². The number of rotatable bonds is 4. The molecule has 1 unspecified atom stereocenters. The maximum atomic E-state index is 6.69. The van der Waals surface area contributed by atoms with Gasteiger partial charge >= 0.3 is 0 Å². The van der Waals surface area contributed by atoms with Crippen molar-refractivity contribution in [1.29, 1.82) is 0 Å². The smallest absolute Gasteiger partial charge is 0.118 e. The molecule has 0 aliphatic rings. The highest BCUT2D eigenvalue weighted by Crippen LogP contribution is 2.34. The minimum absolute atomic E-state index is 0.0196. The van der Waals surface area contributed by atoms with Crippen LogP contribution >= 0.6 is 11.6 Å². The summed E-state index contributed by atoms with van der Waals surface area (Å²) in [4.78, 5) is 0. The summed E-state index contributed by atoms with van der Waals surface area (Å²) >= 11 is 6.69. The second-order valence-corrected chi connectivity index (χ2v) is 6.88. The van der Waals surface area contributed by atoms with E-state index in [1.165, 1.54) is 16.7 Å². The molecule has 0 saturated heterocycles. The zero-order valence-corrected chi connectivity index (χ0v) is 13.9. The van der Waals surface area contributed by atoms with Crippen molar-refractivity contribution in [3.63, 3.8) is 0 Å². The number of benzene rings is 2. The van der Waals surface area contributed by atoms with Gasteiger partial charge in [-0.1, -0.05) is 57.2 Å². The number of halogens is 1. The molecular formula is C19H23ClO. The molecule has 2 aromatic rings. The van der Waals surface area contributed by atoms with Gasteiger partial charge in [-0.25, -0.2) is 0 Å². The highest BCUT2D eigenvalue weighted by atomic mass is 35.5. The van der Waals surface area contributed by atoms with Gasteiger partial charge in [0.2, 0.25) is 0 Å². The van der Waals surface area contributed by atoms with Crippen LogP contribution in [-0.2, 0) is 11.8 Å². The van der Waals surface area contributed by atoms with Crippen LogP contribution in [0.5, 0.6) is 5.75 Å². The van der Waals surface area contributed by atoms with Gasteiger partial charge in [0.15, 0.2) is 0 Å². The van der Waals surface area contributed by atoms with Gasteiger partial charge in [-0.05, 0) is 40.7 Å². The molecule has 0 aliphatic carbocycles. The third-order valence-corrected chi connectivity index (χ3v) is 4.07. The standard InChI is InChI=1S/C19H23ClO/c1-19(2,3)17-8-6-5-7-16(17)18(20)13-14-9-11-15(21-4)12-10-14/h5-12,18H,13H2,1-4H3. The summed E-state index contributed by atoms with van der Waals surface area (Å²) in [5.41, 5.74) is 3.87. The van der Waals surface area contributed by atoms with E-state index in [4.69, 9.17) is 16.3 Å². The van der Waals surface area contributed by atoms with Crippen LogP contribution in [0.4, 0.5) is 0 Å². The van der Waals surface area contributed by atoms with Crippen LogP contribution in [0.2, 0.25) is 0 Å². The maximum absolute atomic E-state index is 6.69. The Morgan fingerprint density at radius 1 is 1.00 bits per heavy atom. The Morgan fingerprint density at radius 2 is 1.62 bits per heavy atom. The molecule has 112 valence electrons. The van der Waals surface area contributed by atoms with E-state index >= 15 is 0 Å². The summed E-state index contributed by atoms with van der Waals surface area (Å²) in [6.07, 6.45) is 0.818. The SMILES string of the molecule is COc1ccc(CC(Cl)c2ccccc2C(C)(C)C)cc1. The Kier molecular flexibility index (Phi) is 4.95. The lowest BCUT2D eigenvalue weighted by Crippen LogP contribution is -2.15. The van der Waals surface area contributed by atoms with Crippen LogP contribution in [0.15, 0.2) is 48.5 Å². The summed E-state index contributed by atoms with van der Waals surface area (Å²) in [5.74, 6) is 0.875. The zero-order chi connectivity index (χ0) is 15.5. The molecule has 2 heteroatoms. The first-order chi connectivity index (χ1) is 9.91. The molecule has 0 heterocycles. The molecular weight excluding hydrogens is 280 g/mol. The van der Waals surface area contributed by atoms with Crippen LogP contribution < -0.4 is 4.74 Å². The van der Waals surface area contributed by atoms with Crippen molar-refractivity contribution in [2.45, 2.75) is 38.0 Å². The summed E-state index contributed by atoms with van der Waals surface area (Å²) in [5, 5.41) is -0.0196. The van der Waals surface area contributed by atoms with Gasteiger partial charge in [0, 0.05) is 0 Å². The minimum atomic E-state index is -0.0196. The predicted molar refractivity (Wildman–Crippen MR) is 90.4 cm³/mol. The van der Waals surface area contributed by atoms with Crippen molar-refractivity contribution >= 4 is 11.6 Å². The molecule has 2 aromatic carbocycles. The Hall–Kier alpha value is -1.47. The molecule has 0 bridgehead atoms. The highest BCUT2D eigenvalue weighted by molar-refractivity contribution is 6.21. The van der Waals surface area contributed by atoms with E-state index in [1.807, 2.05) is 12.1 Å². The van der Waals surface area contributed by atoms with Gasteiger partial charge in [0.25, 0.3) is 0 Å². The van der Waals surface area contributed by atoms with E-state index in [9.17, 15) is 0 Å². The summed E-state index contributed by atoms with van der Waals surface area (Å²) in [6, 6.07) is 16.6. The maximum Gasteiger partial charge on any atom is 0.118 e. The molecule has 0 saturated carbocycles. The fourth-order valence-electron chi connectivity index (χ4n) is 2.53. The van der Waals surface area contributed by atoms with Crippen molar-refractivity contribution < 1.29 is 4.74 Å². The van der Waals surface area contributed by atoms with Crippen LogP contribution in [0.1, 0.15) is 42.8 Å². The van der Waals surface area contributed by atoms with Crippen LogP contribution in [0.3, 0.4) is 0 Å². The molecule has 0 aromatic heterocycles. The first-order valence-corrected chi connectivity index (χ1v) is 7.72. The van der Waals surface area contributed by atoms with Crippen molar-refractivity contribution in [3.05, 3.63) is 65.2 Å². The van der Waals surface area contributed by atoms with E-state index in [2.05, 4.69) is 57.2 Å². The Labute approximate surface area is 132 Å². The number of hydrogen-bond acceptors (Lipinski definition) is 1. The molecule has 0 fully saturated rings. The summed E-state index contributed by atoms with van der Waals surface area (Å²) in [6.45, 7) is 6.68. The van der Waals surface area contributed by atoms with Crippen LogP contribution in [0.25, 0.3) is 0 Å². The quantitative estimate of drug-likeness (QED) is 0.676. The summed E-state index contributed by atoms with van der Waals surface area (Å²) in [7, 11) is 1.68. The van der Waals surface area contributed by atoms with Gasteiger partial charge in [-0.3, -0.25) is 0 Å². The topological polar surface area (TPSA) is 9.23 Å². The average molecular weight is 303 g/mol. The number of ether oxygens (including phenoxy) is 1.